The Morgan fingerprint density at radius 1 is 0.900 bits per heavy atom. The highest BCUT2D eigenvalue weighted by Crippen LogP contribution is 2.34. The third-order valence-corrected chi connectivity index (χ3v) is 7.49. The molecule has 0 spiro atoms. The normalized spacial score (nSPS) is 14.2. The zero-order valence-corrected chi connectivity index (χ0v) is 21.9. The number of aromatic amines is 2. The molecule has 40 heavy (non-hydrogen) atoms. The summed E-state index contributed by atoms with van der Waals surface area (Å²) in [6, 6.07) is 14.6. The molecule has 2 aromatic carbocycles. The number of benzene rings is 2. The highest BCUT2D eigenvalue weighted by Gasteiger charge is 2.18. The summed E-state index contributed by atoms with van der Waals surface area (Å²) >= 11 is 0. The number of aromatic nitrogens is 6. The standard InChI is InChI=1S/C31H27FN6O2/c1-39-23-12-19(11-21(32)15-23)25-9-10-34-30-28(25)35-31(36-30)29-26-14-18(7-8-27(26)37-38-29)20-13-24(17-33-16-20)40-22-5-3-2-4-6-22/h7-17,22H,2-6H2,1H3,(H,37,38)(H,34,35,36). The summed E-state index contributed by atoms with van der Waals surface area (Å²) in [5.41, 5.74) is 6.11. The topological polar surface area (TPSA) is 102 Å². The molecule has 1 fully saturated rings. The van der Waals surface area contributed by atoms with Crippen LogP contribution in [0.3, 0.4) is 0 Å². The maximum Gasteiger partial charge on any atom is 0.160 e. The van der Waals surface area contributed by atoms with Gasteiger partial charge in [0.15, 0.2) is 11.5 Å². The molecule has 4 aromatic heterocycles. The SMILES string of the molecule is COc1cc(F)cc(-c2ccnc3[nH]c(-c4n[nH]c5ccc(-c6cncc(OC7CCCCC7)c6)cc45)nc23)c1. The van der Waals surface area contributed by atoms with Crippen LogP contribution in [0.1, 0.15) is 32.1 Å². The lowest BCUT2D eigenvalue weighted by Crippen LogP contribution is -2.19. The quantitative estimate of drug-likeness (QED) is 0.237. The maximum absolute atomic E-state index is 14.3. The van der Waals surface area contributed by atoms with E-state index in [2.05, 4.69) is 31.2 Å². The van der Waals surface area contributed by atoms with Crippen molar-refractivity contribution >= 4 is 22.1 Å². The van der Waals surface area contributed by atoms with Crippen molar-refractivity contribution in [1.29, 1.82) is 0 Å². The van der Waals surface area contributed by atoms with E-state index in [1.54, 1.807) is 18.5 Å². The molecular weight excluding hydrogens is 507 g/mol. The molecule has 0 aliphatic heterocycles. The fourth-order valence-corrected chi connectivity index (χ4v) is 5.48. The number of pyridine rings is 2. The van der Waals surface area contributed by atoms with E-state index in [9.17, 15) is 4.39 Å². The number of hydrogen-bond donors (Lipinski definition) is 2. The lowest BCUT2D eigenvalue weighted by molar-refractivity contribution is 0.154. The van der Waals surface area contributed by atoms with Gasteiger partial charge in [-0.15, -0.1) is 0 Å². The van der Waals surface area contributed by atoms with Crippen molar-refractivity contribution in [3.8, 4) is 45.3 Å². The smallest absolute Gasteiger partial charge is 0.160 e. The molecule has 0 amide bonds. The van der Waals surface area contributed by atoms with Crippen LogP contribution < -0.4 is 9.47 Å². The molecule has 1 aliphatic rings. The Morgan fingerprint density at radius 3 is 2.65 bits per heavy atom. The molecule has 200 valence electrons. The van der Waals surface area contributed by atoms with Gasteiger partial charge in [0, 0.05) is 35.0 Å². The Bertz CT molecular complexity index is 1840. The van der Waals surface area contributed by atoms with E-state index in [1.165, 1.54) is 38.5 Å². The van der Waals surface area contributed by atoms with Crippen LogP contribution in [0.2, 0.25) is 0 Å². The van der Waals surface area contributed by atoms with Crippen molar-refractivity contribution in [2.75, 3.05) is 7.11 Å². The van der Waals surface area contributed by atoms with Gasteiger partial charge < -0.3 is 14.5 Å². The molecule has 7 rings (SSSR count). The minimum atomic E-state index is -0.386. The van der Waals surface area contributed by atoms with Crippen LogP contribution in [0.15, 0.2) is 67.1 Å². The Balaban J connectivity index is 1.26. The number of H-pyrrole nitrogens is 2. The van der Waals surface area contributed by atoms with Crippen molar-refractivity contribution in [3.05, 3.63) is 72.9 Å². The van der Waals surface area contributed by atoms with Gasteiger partial charge in [0.2, 0.25) is 0 Å². The van der Waals surface area contributed by atoms with Crippen molar-refractivity contribution < 1.29 is 13.9 Å². The van der Waals surface area contributed by atoms with Gasteiger partial charge in [0.1, 0.15) is 28.5 Å². The van der Waals surface area contributed by atoms with Crippen LogP contribution in [-0.4, -0.2) is 43.3 Å². The highest BCUT2D eigenvalue weighted by atomic mass is 19.1. The number of imidazole rings is 1. The van der Waals surface area contributed by atoms with E-state index >= 15 is 0 Å². The van der Waals surface area contributed by atoms with E-state index in [1.807, 2.05) is 30.5 Å². The lowest BCUT2D eigenvalue weighted by atomic mass is 9.98. The van der Waals surface area contributed by atoms with Crippen LogP contribution in [-0.2, 0) is 0 Å². The summed E-state index contributed by atoms with van der Waals surface area (Å²) < 4.78 is 25.8. The first-order valence-corrected chi connectivity index (χ1v) is 13.4. The van der Waals surface area contributed by atoms with Gasteiger partial charge in [-0.05, 0) is 73.2 Å². The number of hydrogen-bond acceptors (Lipinski definition) is 6. The molecule has 1 saturated carbocycles. The minimum absolute atomic E-state index is 0.258. The zero-order chi connectivity index (χ0) is 27.1. The molecule has 4 heterocycles. The highest BCUT2D eigenvalue weighted by molar-refractivity contribution is 5.97. The van der Waals surface area contributed by atoms with Gasteiger partial charge in [0.25, 0.3) is 0 Å². The second-order valence-electron chi connectivity index (χ2n) is 10.1. The number of fused-ring (bicyclic) bond motifs is 2. The summed E-state index contributed by atoms with van der Waals surface area (Å²) in [4.78, 5) is 17.1. The predicted octanol–water partition coefficient (Wildman–Crippen LogP) is 7.09. The number of methoxy groups -OCH3 is 1. The van der Waals surface area contributed by atoms with Gasteiger partial charge in [0.05, 0.1) is 24.9 Å². The number of rotatable bonds is 6. The Hall–Kier alpha value is -4.79. The van der Waals surface area contributed by atoms with Crippen LogP contribution in [0.4, 0.5) is 4.39 Å². The van der Waals surface area contributed by atoms with Gasteiger partial charge in [-0.3, -0.25) is 10.1 Å². The van der Waals surface area contributed by atoms with Gasteiger partial charge in [-0.1, -0.05) is 12.5 Å². The van der Waals surface area contributed by atoms with Crippen LogP contribution in [0.5, 0.6) is 11.5 Å². The second kappa shape index (κ2) is 10.1. The summed E-state index contributed by atoms with van der Waals surface area (Å²) in [5.74, 6) is 1.41. The van der Waals surface area contributed by atoms with Gasteiger partial charge in [-0.25, -0.2) is 14.4 Å². The molecule has 0 unspecified atom stereocenters. The molecule has 0 bridgehead atoms. The fourth-order valence-electron chi connectivity index (χ4n) is 5.48. The molecule has 2 N–H and O–H groups in total. The summed E-state index contributed by atoms with van der Waals surface area (Å²) in [5, 5.41) is 8.58. The second-order valence-corrected chi connectivity index (χ2v) is 10.1. The molecular formula is C31H27FN6O2. The van der Waals surface area contributed by atoms with Crippen LogP contribution in [0, 0.1) is 5.82 Å². The molecule has 6 aromatic rings. The lowest BCUT2D eigenvalue weighted by Gasteiger charge is -2.23. The molecule has 9 heteroatoms. The fraction of sp³-hybridized carbons (Fsp3) is 0.226. The first kappa shape index (κ1) is 24.3. The number of halogens is 1. The monoisotopic (exact) mass is 534 g/mol. The molecule has 0 radical (unpaired) electrons. The maximum atomic E-state index is 14.3. The van der Waals surface area contributed by atoms with Crippen molar-refractivity contribution in [1.82, 2.24) is 30.1 Å². The average molecular weight is 535 g/mol. The Morgan fingerprint density at radius 2 is 1.77 bits per heavy atom. The predicted molar refractivity (Wildman–Crippen MR) is 152 cm³/mol. The molecule has 1 aliphatic carbocycles. The third-order valence-electron chi connectivity index (χ3n) is 7.49. The molecule has 0 atom stereocenters. The van der Waals surface area contributed by atoms with Gasteiger partial charge in [-0.2, -0.15) is 5.10 Å². The number of ether oxygens (including phenoxy) is 2. The summed E-state index contributed by atoms with van der Waals surface area (Å²) in [7, 11) is 1.51. The molecule has 8 nitrogen and oxygen atoms in total. The first-order valence-electron chi connectivity index (χ1n) is 13.4. The van der Waals surface area contributed by atoms with Crippen LogP contribution in [0.25, 0.3) is 55.8 Å². The zero-order valence-electron chi connectivity index (χ0n) is 21.9. The van der Waals surface area contributed by atoms with Crippen molar-refractivity contribution in [3.63, 3.8) is 0 Å². The van der Waals surface area contributed by atoms with E-state index < -0.39 is 0 Å². The van der Waals surface area contributed by atoms with Crippen molar-refractivity contribution in [2.45, 2.75) is 38.2 Å². The largest absolute Gasteiger partial charge is 0.497 e. The third kappa shape index (κ3) is 4.53. The van der Waals surface area contributed by atoms with E-state index in [0.29, 0.717) is 34.0 Å². The minimum Gasteiger partial charge on any atom is -0.497 e. The van der Waals surface area contributed by atoms with Crippen LogP contribution >= 0.6 is 0 Å². The Kier molecular flexibility index (Phi) is 6.11. The molecule has 0 saturated heterocycles. The number of nitrogens with zero attached hydrogens (tertiary/aromatic N) is 4. The van der Waals surface area contributed by atoms with E-state index in [-0.39, 0.29) is 11.9 Å². The number of nitrogens with one attached hydrogen (secondary N) is 2. The summed E-state index contributed by atoms with van der Waals surface area (Å²) in [6.45, 7) is 0. The van der Waals surface area contributed by atoms with E-state index in [4.69, 9.17) is 14.5 Å². The summed E-state index contributed by atoms with van der Waals surface area (Å²) in [6.07, 6.45) is 11.5. The van der Waals surface area contributed by atoms with E-state index in [0.717, 1.165) is 46.2 Å². The van der Waals surface area contributed by atoms with Crippen molar-refractivity contribution in [2.24, 2.45) is 0 Å². The van der Waals surface area contributed by atoms with Gasteiger partial charge >= 0.3 is 0 Å². The Labute approximate surface area is 229 Å². The first-order chi connectivity index (χ1) is 19.6. The average Bonchev–Trinajstić information content (AvgIpc) is 3.61.